The monoisotopic (exact) mass is 314 g/mol. The van der Waals surface area contributed by atoms with E-state index in [1.807, 2.05) is 12.3 Å². The second kappa shape index (κ2) is 6.11. The molecular formula is C16H14N2O3S. The zero-order valence-corrected chi connectivity index (χ0v) is 12.7. The van der Waals surface area contributed by atoms with Crippen molar-refractivity contribution in [1.82, 2.24) is 4.90 Å². The summed E-state index contributed by atoms with van der Waals surface area (Å²) in [5.74, 6) is 0.607. The lowest BCUT2D eigenvalue weighted by Crippen LogP contribution is -2.29. The molecule has 112 valence electrons. The fraction of sp³-hybridized carbons (Fsp3) is 0.125. The van der Waals surface area contributed by atoms with Crippen LogP contribution in [0.3, 0.4) is 0 Å². The molecule has 6 heteroatoms. The van der Waals surface area contributed by atoms with E-state index in [0.29, 0.717) is 28.7 Å². The van der Waals surface area contributed by atoms with Crippen LogP contribution in [0.4, 0.5) is 0 Å². The van der Waals surface area contributed by atoms with E-state index < -0.39 is 0 Å². The highest BCUT2D eigenvalue weighted by Crippen LogP contribution is 2.27. The lowest BCUT2D eigenvalue weighted by atomic mass is 10.1. The number of hydrogen-bond donors (Lipinski definition) is 1. The van der Waals surface area contributed by atoms with Crippen molar-refractivity contribution in [3.05, 3.63) is 59.7 Å². The Morgan fingerprint density at radius 3 is 2.82 bits per heavy atom. The number of aromatic hydroxyl groups is 1. The summed E-state index contributed by atoms with van der Waals surface area (Å²) >= 11 is 1.39. The first-order valence-electron chi connectivity index (χ1n) is 6.65. The fourth-order valence-electron chi connectivity index (χ4n) is 2.14. The Labute approximate surface area is 132 Å². The Hall–Kier alpha value is -2.47. The normalized spacial score (nSPS) is 16.4. The number of carbonyl (C=O) groups is 1. The van der Waals surface area contributed by atoms with Gasteiger partial charge in [0.1, 0.15) is 17.2 Å². The summed E-state index contributed by atoms with van der Waals surface area (Å²) in [6, 6.07) is 10.4. The van der Waals surface area contributed by atoms with Crippen LogP contribution in [-0.4, -0.2) is 27.3 Å². The molecule has 1 aromatic heterocycles. The summed E-state index contributed by atoms with van der Waals surface area (Å²) in [5, 5.41) is 10.4. The average molecular weight is 314 g/mol. The molecule has 1 aliphatic rings. The maximum Gasteiger partial charge on any atom is 0.278 e. The lowest BCUT2D eigenvalue weighted by Gasteiger charge is -2.14. The van der Waals surface area contributed by atoms with Gasteiger partial charge in [0.05, 0.1) is 12.8 Å². The highest BCUT2D eigenvalue weighted by Gasteiger charge is 2.30. The number of para-hydroxylation sites is 1. The molecule has 0 saturated heterocycles. The van der Waals surface area contributed by atoms with E-state index in [1.54, 1.807) is 47.6 Å². The lowest BCUT2D eigenvalue weighted by molar-refractivity contribution is -0.123. The fourth-order valence-corrected chi connectivity index (χ4v) is 2.70. The first-order valence-corrected chi connectivity index (χ1v) is 7.88. The van der Waals surface area contributed by atoms with Crippen LogP contribution >= 0.6 is 11.8 Å². The number of rotatable bonds is 3. The predicted molar refractivity (Wildman–Crippen MR) is 86.3 cm³/mol. The van der Waals surface area contributed by atoms with Crippen LogP contribution in [0.25, 0.3) is 6.08 Å². The summed E-state index contributed by atoms with van der Waals surface area (Å²) in [4.78, 5) is 18.4. The van der Waals surface area contributed by atoms with Crippen molar-refractivity contribution in [2.24, 2.45) is 4.99 Å². The van der Waals surface area contributed by atoms with Gasteiger partial charge in [-0.25, -0.2) is 4.99 Å². The Morgan fingerprint density at radius 1 is 1.32 bits per heavy atom. The third-order valence-electron chi connectivity index (χ3n) is 3.22. The molecule has 2 heterocycles. The number of benzene rings is 1. The van der Waals surface area contributed by atoms with Crippen molar-refractivity contribution in [3.63, 3.8) is 0 Å². The first kappa shape index (κ1) is 14.5. The minimum absolute atomic E-state index is 0.119. The molecule has 22 heavy (non-hydrogen) atoms. The summed E-state index contributed by atoms with van der Waals surface area (Å²) in [6.45, 7) is 0.337. The molecule has 1 aromatic carbocycles. The van der Waals surface area contributed by atoms with Gasteiger partial charge in [-0.2, -0.15) is 0 Å². The molecule has 3 rings (SSSR count). The zero-order chi connectivity index (χ0) is 15.5. The number of carbonyl (C=O) groups excluding carboxylic acids is 1. The third-order valence-corrected chi connectivity index (χ3v) is 3.89. The Bertz CT molecular complexity index is 751. The Balaban J connectivity index is 1.90. The number of amides is 1. The minimum atomic E-state index is -0.205. The summed E-state index contributed by atoms with van der Waals surface area (Å²) < 4.78 is 5.29. The van der Waals surface area contributed by atoms with Gasteiger partial charge in [0.25, 0.3) is 5.91 Å². The van der Waals surface area contributed by atoms with Gasteiger partial charge in [-0.3, -0.25) is 9.69 Å². The molecule has 0 atom stereocenters. The van der Waals surface area contributed by atoms with E-state index in [1.165, 1.54) is 11.8 Å². The van der Waals surface area contributed by atoms with Crippen molar-refractivity contribution in [1.29, 1.82) is 0 Å². The molecule has 1 N–H and O–H groups in total. The van der Waals surface area contributed by atoms with E-state index in [0.717, 1.165) is 0 Å². The smallest absolute Gasteiger partial charge is 0.278 e. The van der Waals surface area contributed by atoms with E-state index in [-0.39, 0.29) is 11.7 Å². The molecule has 0 spiro atoms. The number of phenols is 1. The van der Waals surface area contributed by atoms with Gasteiger partial charge in [0.15, 0.2) is 5.17 Å². The molecule has 0 saturated carbocycles. The maximum atomic E-state index is 12.5. The van der Waals surface area contributed by atoms with E-state index in [9.17, 15) is 9.90 Å². The van der Waals surface area contributed by atoms with Crippen molar-refractivity contribution < 1.29 is 14.3 Å². The number of hydrogen-bond acceptors (Lipinski definition) is 5. The third kappa shape index (κ3) is 2.78. The predicted octanol–water partition coefficient (Wildman–Crippen LogP) is 3.09. The largest absolute Gasteiger partial charge is 0.507 e. The zero-order valence-electron chi connectivity index (χ0n) is 11.9. The molecule has 2 aromatic rings. The highest BCUT2D eigenvalue weighted by atomic mass is 32.2. The van der Waals surface area contributed by atoms with Gasteiger partial charge < -0.3 is 9.52 Å². The number of aliphatic imine (C=N–C) groups is 1. The molecule has 0 bridgehead atoms. The molecule has 5 nitrogen and oxygen atoms in total. The van der Waals surface area contributed by atoms with Crippen LogP contribution in [0.15, 0.2) is 57.8 Å². The van der Waals surface area contributed by atoms with E-state index >= 15 is 0 Å². The minimum Gasteiger partial charge on any atom is -0.507 e. The second-order valence-electron chi connectivity index (χ2n) is 4.66. The van der Waals surface area contributed by atoms with Gasteiger partial charge in [0.2, 0.25) is 0 Å². The van der Waals surface area contributed by atoms with Crippen molar-refractivity contribution in [2.75, 3.05) is 6.26 Å². The van der Waals surface area contributed by atoms with Crippen LogP contribution in [0.5, 0.6) is 5.75 Å². The number of amidine groups is 1. The van der Waals surface area contributed by atoms with Gasteiger partial charge in [-0.15, -0.1) is 0 Å². The molecular weight excluding hydrogens is 300 g/mol. The first-order chi connectivity index (χ1) is 10.7. The van der Waals surface area contributed by atoms with E-state index in [4.69, 9.17) is 4.42 Å². The highest BCUT2D eigenvalue weighted by molar-refractivity contribution is 8.13. The average Bonchev–Trinajstić information content (AvgIpc) is 3.13. The molecule has 1 amide bonds. The molecule has 0 unspecified atom stereocenters. The summed E-state index contributed by atoms with van der Waals surface area (Å²) in [6.07, 6.45) is 5.03. The van der Waals surface area contributed by atoms with Crippen molar-refractivity contribution in [3.8, 4) is 5.75 Å². The van der Waals surface area contributed by atoms with Crippen LogP contribution in [-0.2, 0) is 11.3 Å². The number of furan rings is 1. The van der Waals surface area contributed by atoms with E-state index in [2.05, 4.69) is 4.99 Å². The quantitative estimate of drug-likeness (QED) is 0.884. The van der Waals surface area contributed by atoms with Crippen LogP contribution in [0.2, 0.25) is 0 Å². The van der Waals surface area contributed by atoms with Gasteiger partial charge in [-0.1, -0.05) is 30.0 Å². The Kier molecular flexibility index (Phi) is 4.02. The van der Waals surface area contributed by atoms with Gasteiger partial charge >= 0.3 is 0 Å². The number of thioether (sulfide) groups is 1. The topological polar surface area (TPSA) is 66.0 Å². The molecule has 0 aliphatic carbocycles. The number of phenolic OH excluding ortho intramolecular Hbond substituents is 1. The summed E-state index contributed by atoms with van der Waals surface area (Å²) in [5.41, 5.74) is 0.868. The number of nitrogens with zero attached hydrogens (tertiary/aromatic N) is 2. The van der Waals surface area contributed by atoms with Crippen LogP contribution < -0.4 is 0 Å². The molecule has 0 radical (unpaired) electrons. The van der Waals surface area contributed by atoms with Gasteiger partial charge in [-0.05, 0) is 30.5 Å². The summed E-state index contributed by atoms with van der Waals surface area (Å²) in [7, 11) is 0. The van der Waals surface area contributed by atoms with Crippen LogP contribution in [0, 0.1) is 0 Å². The van der Waals surface area contributed by atoms with Gasteiger partial charge in [0, 0.05) is 5.56 Å². The van der Waals surface area contributed by atoms with Crippen molar-refractivity contribution in [2.45, 2.75) is 6.54 Å². The Morgan fingerprint density at radius 2 is 2.14 bits per heavy atom. The SMILES string of the molecule is CSC1=N/C(=C\c2ccccc2O)C(=O)N1Cc1ccco1. The van der Waals surface area contributed by atoms with Crippen LogP contribution in [0.1, 0.15) is 11.3 Å². The van der Waals surface area contributed by atoms with Crippen molar-refractivity contribution >= 4 is 28.9 Å². The molecule has 1 aliphatic heterocycles. The molecule has 0 fully saturated rings. The second-order valence-corrected chi connectivity index (χ2v) is 5.43. The standard InChI is InChI=1S/C16H14N2O3S/c1-22-16-17-13(9-11-5-2-3-7-14(11)19)15(20)18(16)10-12-6-4-8-21-12/h2-9,19H,10H2,1H3/b13-9-. The maximum absolute atomic E-state index is 12.5.